The molecule has 0 aliphatic carbocycles. The Balaban J connectivity index is 1.50. The molecule has 0 radical (unpaired) electrons. The van der Waals surface area contributed by atoms with Gasteiger partial charge in [0.15, 0.2) is 11.5 Å². The standard InChI is InChI=1S/C17H26N2O4S/c20-24(21,15-6-7-16-17(14-15)23-13-12-22-16)18-8-5-11-19-9-3-1-2-4-10-19/h6-7,14,18H,1-5,8-13H2. The Hall–Kier alpha value is -1.31. The molecule has 2 aliphatic heterocycles. The maximum Gasteiger partial charge on any atom is 0.240 e. The van der Waals surface area contributed by atoms with Crippen molar-refractivity contribution in [2.24, 2.45) is 0 Å². The van der Waals surface area contributed by atoms with Gasteiger partial charge in [-0.2, -0.15) is 0 Å². The number of hydrogen-bond acceptors (Lipinski definition) is 5. The Morgan fingerprint density at radius 2 is 1.71 bits per heavy atom. The largest absolute Gasteiger partial charge is 0.486 e. The number of rotatable bonds is 6. The first-order chi connectivity index (χ1) is 11.6. The van der Waals surface area contributed by atoms with Gasteiger partial charge in [-0.1, -0.05) is 12.8 Å². The number of nitrogens with one attached hydrogen (secondary N) is 1. The van der Waals surface area contributed by atoms with Crippen molar-refractivity contribution in [3.05, 3.63) is 18.2 Å². The number of hydrogen-bond donors (Lipinski definition) is 1. The summed E-state index contributed by atoms with van der Waals surface area (Å²) in [4.78, 5) is 2.66. The van der Waals surface area contributed by atoms with Gasteiger partial charge in [-0.3, -0.25) is 0 Å². The predicted octanol–water partition coefficient (Wildman–Crippen LogP) is 2.00. The second-order valence-electron chi connectivity index (χ2n) is 6.31. The van der Waals surface area contributed by atoms with Gasteiger partial charge in [0.25, 0.3) is 0 Å². The van der Waals surface area contributed by atoms with Crippen LogP contribution in [0.2, 0.25) is 0 Å². The van der Waals surface area contributed by atoms with Gasteiger partial charge in [-0.05, 0) is 51.0 Å². The number of sulfonamides is 1. The quantitative estimate of drug-likeness (QED) is 0.792. The highest BCUT2D eigenvalue weighted by Gasteiger charge is 2.19. The summed E-state index contributed by atoms with van der Waals surface area (Å²) in [5.74, 6) is 1.09. The second-order valence-corrected chi connectivity index (χ2v) is 8.08. The van der Waals surface area contributed by atoms with E-state index in [9.17, 15) is 8.42 Å². The Morgan fingerprint density at radius 3 is 2.46 bits per heavy atom. The van der Waals surface area contributed by atoms with Gasteiger partial charge >= 0.3 is 0 Å². The molecule has 7 heteroatoms. The summed E-state index contributed by atoms with van der Waals surface area (Å²) in [7, 11) is -3.51. The molecule has 0 atom stereocenters. The molecular weight excluding hydrogens is 328 g/mol. The molecule has 6 nitrogen and oxygen atoms in total. The highest BCUT2D eigenvalue weighted by atomic mass is 32.2. The summed E-state index contributed by atoms with van der Waals surface area (Å²) >= 11 is 0. The first-order valence-electron chi connectivity index (χ1n) is 8.77. The van der Waals surface area contributed by atoms with Crippen LogP contribution < -0.4 is 14.2 Å². The van der Waals surface area contributed by atoms with Crippen LogP contribution in [0.5, 0.6) is 11.5 Å². The van der Waals surface area contributed by atoms with Gasteiger partial charge in [0, 0.05) is 12.6 Å². The van der Waals surface area contributed by atoms with Crippen molar-refractivity contribution < 1.29 is 17.9 Å². The van der Waals surface area contributed by atoms with Crippen LogP contribution in [0.4, 0.5) is 0 Å². The zero-order valence-corrected chi connectivity index (χ0v) is 14.8. The lowest BCUT2D eigenvalue weighted by molar-refractivity contribution is 0.171. The molecule has 134 valence electrons. The fourth-order valence-electron chi connectivity index (χ4n) is 3.14. The van der Waals surface area contributed by atoms with Crippen LogP contribution in [-0.2, 0) is 10.0 Å². The lowest BCUT2D eigenvalue weighted by Crippen LogP contribution is -2.30. The normalized spacial score (nSPS) is 19.0. The summed E-state index contributed by atoms with van der Waals surface area (Å²) in [5.41, 5.74) is 0. The molecule has 0 unspecified atom stereocenters. The van der Waals surface area contributed by atoms with Crippen LogP contribution in [0.25, 0.3) is 0 Å². The molecule has 1 fully saturated rings. The van der Waals surface area contributed by atoms with Crippen molar-refractivity contribution in [2.75, 3.05) is 39.4 Å². The minimum absolute atomic E-state index is 0.224. The number of benzene rings is 1. The van der Waals surface area contributed by atoms with Gasteiger partial charge < -0.3 is 14.4 Å². The number of nitrogens with zero attached hydrogens (tertiary/aromatic N) is 1. The van der Waals surface area contributed by atoms with Crippen molar-refractivity contribution in [2.45, 2.75) is 37.0 Å². The molecule has 0 amide bonds. The SMILES string of the molecule is O=S(=O)(NCCCN1CCCCCC1)c1ccc2c(c1)OCCO2. The third kappa shape index (κ3) is 4.62. The molecule has 2 aliphatic rings. The minimum Gasteiger partial charge on any atom is -0.486 e. The van der Waals surface area contributed by atoms with Crippen molar-refractivity contribution in [1.82, 2.24) is 9.62 Å². The monoisotopic (exact) mass is 354 g/mol. The zero-order chi connectivity index (χ0) is 16.8. The average molecular weight is 354 g/mol. The molecule has 1 aromatic rings. The van der Waals surface area contributed by atoms with Gasteiger partial charge in [0.05, 0.1) is 4.90 Å². The fourth-order valence-corrected chi connectivity index (χ4v) is 4.23. The smallest absolute Gasteiger partial charge is 0.240 e. The zero-order valence-electron chi connectivity index (χ0n) is 14.0. The van der Waals surface area contributed by atoms with Crippen molar-refractivity contribution in [3.8, 4) is 11.5 Å². The van der Waals surface area contributed by atoms with E-state index >= 15 is 0 Å². The van der Waals surface area contributed by atoms with E-state index in [1.807, 2.05) is 0 Å². The third-order valence-corrected chi connectivity index (χ3v) is 5.92. The average Bonchev–Trinajstić information content (AvgIpc) is 2.87. The Labute approximate surface area is 144 Å². The van der Waals surface area contributed by atoms with Crippen LogP contribution in [-0.4, -0.2) is 52.7 Å². The predicted molar refractivity (Wildman–Crippen MR) is 92.1 cm³/mol. The van der Waals surface area contributed by atoms with E-state index < -0.39 is 10.0 Å². The van der Waals surface area contributed by atoms with Crippen molar-refractivity contribution in [1.29, 1.82) is 0 Å². The molecule has 24 heavy (non-hydrogen) atoms. The van der Waals surface area contributed by atoms with Crippen LogP contribution in [0.15, 0.2) is 23.1 Å². The Kier molecular flexibility index (Phi) is 5.97. The van der Waals surface area contributed by atoms with E-state index in [-0.39, 0.29) is 4.90 Å². The molecule has 0 saturated carbocycles. The maximum absolute atomic E-state index is 12.4. The summed E-state index contributed by atoms with van der Waals surface area (Å²) < 4.78 is 38.4. The molecule has 1 saturated heterocycles. The van der Waals surface area contributed by atoms with E-state index in [0.717, 1.165) is 26.1 Å². The number of ether oxygens (including phenoxy) is 2. The molecular formula is C17H26N2O4S. The first kappa shape index (κ1) is 17.5. The number of likely N-dealkylation sites (tertiary alicyclic amines) is 1. The fraction of sp³-hybridized carbons (Fsp3) is 0.647. The molecule has 0 bridgehead atoms. The van der Waals surface area contributed by atoms with E-state index in [1.54, 1.807) is 12.1 Å². The maximum atomic E-state index is 12.4. The van der Waals surface area contributed by atoms with Crippen LogP contribution >= 0.6 is 0 Å². The van der Waals surface area contributed by atoms with Crippen LogP contribution in [0.3, 0.4) is 0 Å². The van der Waals surface area contributed by atoms with Crippen molar-refractivity contribution >= 4 is 10.0 Å². The van der Waals surface area contributed by atoms with Crippen LogP contribution in [0.1, 0.15) is 32.1 Å². The lowest BCUT2D eigenvalue weighted by Gasteiger charge is -2.20. The van der Waals surface area contributed by atoms with Crippen LogP contribution in [0, 0.1) is 0 Å². The first-order valence-corrected chi connectivity index (χ1v) is 10.3. The summed E-state index contributed by atoms with van der Waals surface area (Å²) in [6.07, 6.45) is 5.95. The van der Waals surface area contributed by atoms with Gasteiger partial charge in [0.2, 0.25) is 10.0 Å². The minimum atomic E-state index is -3.51. The Morgan fingerprint density at radius 1 is 1.00 bits per heavy atom. The topological polar surface area (TPSA) is 67.9 Å². The molecule has 1 aromatic carbocycles. The second kappa shape index (κ2) is 8.18. The van der Waals surface area contributed by atoms with Crippen molar-refractivity contribution in [3.63, 3.8) is 0 Å². The molecule has 0 aromatic heterocycles. The summed E-state index contributed by atoms with van der Waals surface area (Å²) in [6, 6.07) is 4.75. The summed E-state index contributed by atoms with van der Waals surface area (Å²) in [5, 5.41) is 0. The molecule has 3 rings (SSSR count). The highest BCUT2D eigenvalue weighted by molar-refractivity contribution is 7.89. The van der Waals surface area contributed by atoms with Gasteiger partial charge in [-0.25, -0.2) is 13.1 Å². The van der Waals surface area contributed by atoms with E-state index in [4.69, 9.17) is 9.47 Å². The van der Waals surface area contributed by atoms with Gasteiger partial charge in [0.1, 0.15) is 13.2 Å². The van der Waals surface area contributed by atoms with Gasteiger partial charge in [-0.15, -0.1) is 0 Å². The summed E-state index contributed by atoms with van der Waals surface area (Å²) in [6.45, 7) is 4.61. The Bertz CT molecular complexity index is 640. The number of fused-ring (bicyclic) bond motifs is 1. The molecule has 1 N–H and O–H groups in total. The van der Waals surface area contributed by atoms with E-state index in [2.05, 4.69) is 9.62 Å². The van der Waals surface area contributed by atoms with E-state index in [1.165, 1.54) is 31.7 Å². The third-order valence-electron chi connectivity index (χ3n) is 4.47. The van der Waals surface area contributed by atoms with E-state index in [0.29, 0.717) is 31.3 Å². The molecule has 2 heterocycles. The lowest BCUT2D eigenvalue weighted by atomic mass is 10.2. The molecule has 0 spiro atoms. The highest BCUT2D eigenvalue weighted by Crippen LogP contribution is 2.32.